The molecule has 0 aliphatic heterocycles. The quantitative estimate of drug-likeness (QED) is 0.0121. The van der Waals surface area contributed by atoms with Crippen LogP contribution in [0.15, 0.2) is 91.5 Å². The average Bonchev–Trinajstić information content (AvgIpc) is 3.20. The molecule has 0 aliphatic carbocycles. The van der Waals surface area contributed by atoms with Crippen molar-refractivity contribution in [1.82, 2.24) is 0 Å². The molecule has 12 heteroatoms. The summed E-state index contributed by atoms with van der Waals surface area (Å²) in [7, 11) is 4.06. The summed E-state index contributed by atoms with van der Waals surface area (Å²) >= 11 is 0. The molecule has 55 heavy (non-hydrogen) atoms. The van der Waals surface area contributed by atoms with Crippen molar-refractivity contribution >= 4 is 5.97 Å². The third-order valence-corrected chi connectivity index (χ3v) is 6.63. The second-order valence-corrected chi connectivity index (χ2v) is 11.1. The summed E-state index contributed by atoms with van der Waals surface area (Å²) in [5.74, 6) is -0.301. The zero-order valence-electron chi connectivity index (χ0n) is 35.3. The average molecular weight is 815 g/mol. The highest BCUT2D eigenvalue weighted by Gasteiger charge is 2.20. The molecule has 0 saturated heterocycles. The molecule has 0 amide bonds. The first-order chi connectivity index (χ1) is 26.0. The zero-order chi connectivity index (χ0) is 42.1. The van der Waals surface area contributed by atoms with E-state index in [0.717, 1.165) is 32.1 Å². The maximum Gasteiger partial charge on any atom is 0.361 e. The van der Waals surface area contributed by atoms with Crippen molar-refractivity contribution in [2.45, 2.75) is 137 Å². The lowest BCUT2D eigenvalue weighted by Crippen LogP contribution is -3.00. The fourth-order valence-electron chi connectivity index (χ4n) is 4.27. The second-order valence-electron chi connectivity index (χ2n) is 11.1. The number of rotatable bonds is 33. The number of hydrogen-bond donors (Lipinski definition) is 0. The third-order valence-electron chi connectivity index (χ3n) is 6.63. The fourth-order valence-corrected chi connectivity index (χ4v) is 4.27. The molecular weight excluding hydrogens is 726 g/mol. The van der Waals surface area contributed by atoms with Crippen LogP contribution in [0.1, 0.15) is 137 Å². The lowest BCUT2D eigenvalue weighted by atomic mass is 10.1. The van der Waals surface area contributed by atoms with Gasteiger partial charge in [-0.25, -0.2) is 9.68 Å². The summed E-state index contributed by atoms with van der Waals surface area (Å²) in [5, 5.41) is 20.6. The number of unbranched alkanes of at least 4 members (excludes halogenated alkanes) is 16. The molecule has 11 nitrogen and oxygen atoms in total. The van der Waals surface area contributed by atoms with E-state index in [-0.39, 0.29) is 39.0 Å². The van der Waals surface area contributed by atoms with E-state index >= 15 is 0 Å². The van der Waals surface area contributed by atoms with E-state index in [2.05, 4.69) is 128 Å². The molecule has 0 atom stereocenters. The fraction of sp³-hybridized carbons (Fsp3) is 0.651. The topological polar surface area (TPSA) is 100 Å². The maximum absolute atomic E-state index is 12.1. The minimum Gasteiger partial charge on any atom is -1.00 e. The summed E-state index contributed by atoms with van der Waals surface area (Å²) in [5.41, 5.74) is 0. The van der Waals surface area contributed by atoms with E-state index in [1.807, 2.05) is 14.1 Å². The largest absolute Gasteiger partial charge is 1.00 e. The molecule has 0 aliphatic rings. The van der Waals surface area contributed by atoms with Gasteiger partial charge in [0.2, 0.25) is 0 Å². The van der Waals surface area contributed by atoms with Crippen LogP contribution in [0.25, 0.3) is 0 Å². The van der Waals surface area contributed by atoms with E-state index in [4.69, 9.17) is 9.47 Å². The highest BCUT2D eigenvalue weighted by atomic mass is 35.5. The Hall–Kier alpha value is -2.74. The van der Waals surface area contributed by atoms with Crippen LogP contribution in [0.4, 0.5) is 0 Å². The molecule has 0 rings (SSSR count). The predicted octanol–water partition coefficient (Wildman–Crippen LogP) is 10.2. The number of likely N-dealkylation sites (N-methyl/N-ethyl adjacent to an activating group) is 1. The second kappa shape index (κ2) is 79.9. The molecule has 0 unspecified atom stereocenters. The van der Waals surface area contributed by atoms with Gasteiger partial charge < -0.3 is 31.3 Å². The van der Waals surface area contributed by atoms with Gasteiger partial charge in [0.05, 0.1) is 27.2 Å². The Morgan fingerprint density at radius 3 is 1.33 bits per heavy atom. The van der Waals surface area contributed by atoms with Crippen LogP contribution in [0, 0.1) is 0 Å². The Labute approximate surface area is 346 Å². The Balaban J connectivity index is -0.000000195. The molecule has 332 valence electrons. The number of carbonyl (C=O) groups excluding carboxylic acids is 1. The van der Waals surface area contributed by atoms with Crippen LogP contribution >= 0.6 is 0 Å². The van der Waals surface area contributed by atoms with Gasteiger partial charge in [-0.1, -0.05) is 118 Å². The van der Waals surface area contributed by atoms with Gasteiger partial charge in [-0.05, 0) is 29.3 Å². The van der Waals surface area contributed by atoms with Gasteiger partial charge in [0.15, 0.2) is 12.8 Å². The number of quaternary nitrogens is 1. The molecule has 0 bridgehead atoms. The molecule has 0 saturated carbocycles. The monoisotopic (exact) mass is 814 g/mol. The van der Waals surface area contributed by atoms with Crippen LogP contribution in [-0.4, -0.2) is 57.5 Å². The molecule has 0 aromatic rings. The smallest absolute Gasteiger partial charge is 0.361 e. The molecule has 0 fully saturated rings. The highest BCUT2D eigenvalue weighted by Crippen LogP contribution is 2.11. The molecule has 0 spiro atoms. The SMILES string of the molecule is C.C=C.C=C.C=C.C=C.C=C.C=C.CCCCCCCCCCCCO/C=C\OOOOOOOCCOC(=O)C[N+](C)(C)CCCCCCCCCC.[Cl-]. The van der Waals surface area contributed by atoms with Gasteiger partial charge in [-0.3, -0.25) is 0 Å². The lowest BCUT2D eigenvalue weighted by Gasteiger charge is -2.28. The maximum atomic E-state index is 12.1. The van der Waals surface area contributed by atoms with Crippen molar-refractivity contribution < 1.29 is 66.1 Å². The normalized spacial score (nSPS) is 9.24. The van der Waals surface area contributed by atoms with Gasteiger partial charge >= 0.3 is 5.97 Å². The molecule has 0 heterocycles. The molecule has 0 aromatic carbocycles. The predicted molar refractivity (Wildman–Crippen MR) is 229 cm³/mol. The summed E-state index contributed by atoms with van der Waals surface area (Å²) < 4.78 is 11.0. The molecule has 0 aromatic heterocycles. The van der Waals surface area contributed by atoms with Crippen LogP contribution in [0.5, 0.6) is 0 Å². The van der Waals surface area contributed by atoms with E-state index in [9.17, 15) is 4.79 Å². The number of nitrogens with zero attached hydrogens (tertiary/aromatic N) is 1. The number of carbonyl (C=O) groups is 1. The van der Waals surface area contributed by atoms with Crippen LogP contribution in [0.3, 0.4) is 0 Å². The molecule has 0 radical (unpaired) electrons. The summed E-state index contributed by atoms with van der Waals surface area (Å²) in [6, 6.07) is 0. The number of esters is 1. The van der Waals surface area contributed by atoms with Crippen molar-refractivity contribution in [2.24, 2.45) is 0 Å². The first-order valence-corrected chi connectivity index (χ1v) is 18.9. The van der Waals surface area contributed by atoms with Gasteiger partial charge in [0, 0.05) is 15.1 Å². The summed E-state index contributed by atoms with van der Waals surface area (Å²) in [4.78, 5) is 21.2. The van der Waals surface area contributed by atoms with Gasteiger partial charge in [0.25, 0.3) is 0 Å². The van der Waals surface area contributed by atoms with Crippen LogP contribution in [0.2, 0.25) is 0 Å². The standard InChI is InChI=1S/C30H60NO10.6C2H4.CH4.ClH/c1-5-7-9-11-13-15-16-18-20-22-24-33-25-27-35-37-39-41-40-38-36-28-26-34-30(32)29-31(3,4)23-21-19-17-14-12-10-8-6-2;6*1-2;;/h25,27H,5-24,26,28-29H2,1-4H3;6*1-2H2;1H4;1H/q+1;;;;;;;;/p-1/b27-25-;;;;;;;;. The van der Waals surface area contributed by atoms with E-state index in [1.54, 1.807) is 0 Å². The van der Waals surface area contributed by atoms with Gasteiger partial charge in [0.1, 0.15) is 19.5 Å². The van der Waals surface area contributed by atoms with Crippen molar-refractivity contribution in [3.8, 4) is 0 Å². The summed E-state index contributed by atoms with van der Waals surface area (Å²) in [6.07, 6.45) is 25.3. The Kier molecular flexibility index (Phi) is 107. The van der Waals surface area contributed by atoms with E-state index < -0.39 is 0 Å². The van der Waals surface area contributed by atoms with Crippen LogP contribution < -0.4 is 12.4 Å². The lowest BCUT2D eigenvalue weighted by molar-refractivity contribution is -0.883. The van der Waals surface area contributed by atoms with Crippen molar-refractivity contribution in [1.29, 1.82) is 0 Å². The first-order valence-electron chi connectivity index (χ1n) is 18.9. The number of hydrogen-bond acceptors (Lipinski definition) is 10. The van der Waals surface area contributed by atoms with E-state index in [1.165, 1.54) is 103 Å². The van der Waals surface area contributed by atoms with Gasteiger partial charge in [-0.15, -0.1) is 78.9 Å². The minimum atomic E-state index is -0.301. The van der Waals surface area contributed by atoms with Crippen LogP contribution in [-0.2, 0) is 49.2 Å². The summed E-state index contributed by atoms with van der Waals surface area (Å²) in [6.45, 7) is 42.3. The van der Waals surface area contributed by atoms with Crippen molar-refractivity contribution in [3.05, 3.63) is 91.5 Å². The first kappa shape index (κ1) is 73.4. The Bertz CT molecular complexity index is 660. The third kappa shape index (κ3) is 85.0. The highest BCUT2D eigenvalue weighted by molar-refractivity contribution is 5.70. The molecular formula is C43H88ClNO10. The minimum absolute atomic E-state index is 0. The molecule has 0 N–H and O–H groups in total. The Morgan fingerprint density at radius 2 is 0.873 bits per heavy atom. The van der Waals surface area contributed by atoms with Crippen molar-refractivity contribution in [2.75, 3.05) is 47.0 Å². The van der Waals surface area contributed by atoms with E-state index in [0.29, 0.717) is 17.6 Å². The number of ether oxygens (including phenoxy) is 2. The van der Waals surface area contributed by atoms with Gasteiger partial charge in [-0.2, -0.15) is 0 Å². The Morgan fingerprint density at radius 1 is 0.491 bits per heavy atom. The number of halogens is 1. The zero-order valence-corrected chi connectivity index (χ0v) is 36.1. The van der Waals surface area contributed by atoms with Crippen molar-refractivity contribution in [3.63, 3.8) is 0 Å².